The molecule has 1 aromatic rings. The molecule has 0 radical (unpaired) electrons. The molecule has 5 nitrogen and oxygen atoms in total. The van der Waals surface area contributed by atoms with Gasteiger partial charge in [-0.1, -0.05) is 44.2 Å². The summed E-state index contributed by atoms with van der Waals surface area (Å²) in [6.07, 6.45) is 10.4. The first kappa shape index (κ1) is 24.1. The van der Waals surface area contributed by atoms with Gasteiger partial charge < -0.3 is 15.0 Å². The standard InChI is InChI=1S/C25H38N2O3S/c1-2-30-18-20-14-16-27(17-15-20)25(29)22-12-8-9-13-23(22)31-19-24(28)26-21-10-6-4-3-5-7-11-21/h8-9,12-13,20-21H,2-7,10-11,14-19H2,1H3,(H,26,28). The van der Waals surface area contributed by atoms with Crippen LogP contribution in [0.5, 0.6) is 0 Å². The maximum absolute atomic E-state index is 13.2. The maximum Gasteiger partial charge on any atom is 0.254 e. The second kappa shape index (κ2) is 13.1. The lowest BCUT2D eigenvalue weighted by Gasteiger charge is -2.32. The number of nitrogens with zero attached hydrogens (tertiary/aromatic N) is 1. The highest BCUT2D eigenvalue weighted by Crippen LogP contribution is 2.26. The Balaban J connectivity index is 1.50. The van der Waals surface area contributed by atoms with Crippen LogP contribution in [-0.2, 0) is 9.53 Å². The molecule has 0 spiro atoms. The Bertz CT molecular complexity index is 696. The predicted octanol–water partition coefficient (Wildman–Crippen LogP) is 4.90. The molecule has 0 unspecified atom stereocenters. The van der Waals surface area contributed by atoms with Crippen LogP contribution in [0, 0.1) is 5.92 Å². The zero-order chi connectivity index (χ0) is 21.9. The van der Waals surface area contributed by atoms with E-state index in [0.717, 1.165) is 62.4 Å². The molecule has 3 rings (SSSR count). The van der Waals surface area contributed by atoms with Gasteiger partial charge in [-0.15, -0.1) is 11.8 Å². The summed E-state index contributed by atoms with van der Waals surface area (Å²) in [6, 6.07) is 8.02. The quantitative estimate of drug-likeness (QED) is 0.577. The van der Waals surface area contributed by atoms with Gasteiger partial charge in [-0.05, 0) is 50.7 Å². The van der Waals surface area contributed by atoms with Crippen molar-refractivity contribution in [1.82, 2.24) is 10.2 Å². The number of hydrogen-bond donors (Lipinski definition) is 1. The van der Waals surface area contributed by atoms with Crippen LogP contribution in [0.1, 0.15) is 75.1 Å². The fourth-order valence-electron chi connectivity index (χ4n) is 4.54. The Labute approximate surface area is 191 Å². The largest absolute Gasteiger partial charge is 0.381 e. The molecule has 2 amide bonds. The van der Waals surface area contributed by atoms with Crippen molar-refractivity contribution in [2.45, 2.75) is 75.6 Å². The minimum atomic E-state index is 0.0783. The van der Waals surface area contributed by atoms with Gasteiger partial charge in [0.2, 0.25) is 5.91 Å². The summed E-state index contributed by atoms with van der Waals surface area (Å²) in [5, 5.41) is 3.22. The summed E-state index contributed by atoms with van der Waals surface area (Å²) in [7, 11) is 0. The average molecular weight is 447 g/mol. The van der Waals surface area contributed by atoms with Gasteiger partial charge in [0, 0.05) is 37.2 Å². The second-order valence-electron chi connectivity index (χ2n) is 8.79. The smallest absolute Gasteiger partial charge is 0.254 e. The predicted molar refractivity (Wildman–Crippen MR) is 127 cm³/mol. The van der Waals surface area contributed by atoms with Crippen LogP contribution in [0.3, 0.4) is 0 Å². The number of hydrogen-bond acceptors (Lipinski definition) is 4. The van der Waals surface area contributed by atoms with E-state index in [2.05, 4.69) is 5.32 Å². The number of carbonyl (C=O) groups is 2. The van der Waals surface area contributed by atoms with E-state index in [-0.39, 0.29) is 11.8 Å². The summed E-state index contributed by atoms with van der Waals surface area (Å²) in [6.45, 7) is 5.11. The third-order valence-electron chi connectivity index (χ3n) is 6.41. The van der Waals surface area contributed by atoms with Crippen LogP contribution in [0.2, 0.25) is 0 Å². The number of ether oxygens (including phenoxy) is 1. The molecule has 2 fully saturated rings. The van der Waals surface area contributed by atoms with Crippen molar-refractivity contribution >= 4 is 23.6 Å². The normalized spacial score (nSPS) is 18.9. The Hall–Kier alpha value is -1.53. The molecule has 0 atom stereocenters. The zero-order valence-corrected chi connectivity index (χ0v) is 19.8. The third kappa shape index (κ3) is 7.83. The number of benzene rings is 1. The highest BCUT2D eigenvalue weighted by atomic mass is 32.2. The summed E-state index contributed by atoms with van der Waals surface area (Å²) in [4.78, 5) is 28.6. The molecule has 2 aliphatic rings. The van der Waals surface area contributed by atoms with E-state index in [1.54, 1.807) is 0 Å². The molecule has 0 aromatic heterocycles. The van der Waals surface area contributed by atoms with Gasteiger partial charge in [0.25, 0.3) is 5.91 Å². The van der Waals surface area contributed by atoms with E-state index in [4.69, 9.17) is 4.74 Å². The van der Waals surface area contributed by atoms with Crippen LogP contribution in [0.4, 0.5) is 0 Å². The molecule has 1 aromatic carbocycles. The first-order chi connectivity index (χ1) is 15.2. The monoisotopic (exact) mass is 446 g/mol. The fraction of sp³-hybridized carbons (Fsp3) is 0.680. The Kier molecular flexibility index (Phi) is 10.2. The molecule has 172 valence electrons. The summed E-state index contributed by atoms with van der Waals surface area (Å²) >= 11 is 1.48. The summed E-state index contributed by atoms with van der Waals surface area (Å²) < 4.78 is 5.55. The Morgan fingerprint density at radius 1 is 1.03 bits per heavy atom. The van der Waals surface area contributed by atoms with Crippen molar-refractivity contribution in [2.24, 2.45) is 5.92 Å². The van der Waals surface area contributed by atoms with E-state index in [1.165, 1.54) is 43.9 Å². The molecule has 1 aliphatic carbocycles. The molecule has 1 saturated carbocycles. The topological polar surface area (TPSA) is 58.6 Å². The van der Waals surface area contributed by atoms with Gasteiger partial charge >= 0.3 is 0 Å². The van der Waals surface area contributed by atoms with Gasteiger partial charge in [0.15, 0.2) is 0 Å². The molecule has 1 aliphatic heterocycles. The first-order valence-corrected chi connectivity index (χ1v) is 13.0. The summed E-state index contributed by atoms with van der Waals surface area (Å²) in [5.41, 5.74) is 0.717. The van der Waals surface area contributed by atoms with E-state index >= 15 is 0 Å². The molecule has 1 heterocycles. The lowest BCUT2D eigenvalue weighted by molar-refractivity contribution is -0.119. The zero-order valence-electron chi connectivity index (χ0n) is 18.9. The van der Waals surface area contributed by atoms with Gasteiger partial charge in [0.1, 0.15) is 0 Å². The molecule has 0 bridgehead atoms. The van der Waals surface area contributed by atoms with Crippen molar-refractivity contribution in [2.75, 3.05) is 32.1 Å². The SMILES string of the molecule is CCOCC1CCN(C(=O)c2ccccc2SCC(=O)NC2CCCCCCC2)CC1. The minimum absolute atomic E-state index is 0.0783. The van der Waals surface area contributed by atoms with Crippen LogP contribution < -0.4 is 5.32 Å². The highest BCUT2D eigenvalue weighted by molar-refractivity contribution is 8.00. The molecule has 31 heavy (non-hydrogen) atoms. The van der Waals surface area contributed by atoms with Gasteiger partial charge in [-0.2, -0.15) is 0 Å². The van der Waals surface area contributed by atoms with Gasteiger partial charge in [-0.3, -0.25) is 9.59 Å². The van der Waals surface area contributed by atoms with Crippen molar-refractivity contribution in [3.63, 3.8) is 0 Å². The fourth-order valence-corrected chi connectivity index (χ4v) is 5.40. The minimum Gasteiger partial charge on any atom is -0.381 e. The number of piperidine rings is 1. The molecular weight excluding hydrogens is 408 g/mol. The second-order valence-corrected chi connectivity index (χ2v) is 9.81. The first-order valence-electron chi connectivity index (χ1n) is 12.1. The Morgan fingerprint density at radius 2 is 1.71 bits per heavy atom. The van der Waals surface area contributed by atoms with E-state index in [0.29, 0.717) is 17.7 Å². The molecular formula is C25H38N2O3S. The number of amides is 2. The number of nitrogens with one attached hydrogen (secondary N) is 1. The maximum atomic E-state index is 13.2. The molecule has 1 N–H and O–H groups in total. The van der Waals surface area contributed by atoms with Crippen molar-refractivity contribution in [3.05, 3.63) is 29.8 Å². The third-order valence-corrected chi connectivity index (χ3v) is 7.48. The van der Waals surface area contributed by atoms with Crippen molar-refractivity contribution in [3.8, 4) is 0 Å². The Morgan fingerprint density at radius 3 is 2.42 bits per heavy atom. The number of rotatable bonds is 8. The van der Waals surface area contributed by atoms with Crippen LogP contribution in [0.25, 0.3) is 0 Å². The van der Waals surface area contributed by atoms with Crippen molar-refractivity contribution in [1.29, 1.82) is 0 Å². The van der Waals surface area contributed by atoms with Crippen molar-refractivity contribution < 1.29 is 14.3 Å². The highest BCUT2D eigenvalue weighted by Gasteiger charge is 2.25. The van der Waals surface area contributed by atoms with Crippen LogP contribution in [0.15, 0.2) is 29.2 Å². The van der Waals surface area contributed by atoms with E-state index < -0.39 is 0 Å². The van der Waals surface area contributed by atoms with E-state index in [1.807, 2.05) is 36.1 Å². The number of thioether (sulfide) groups is 1. The lowest BCUT2D eigenvalue weighted by Crippen LogP contribution is -2.39. The van der Waals surface area contributed by atoms with Crippen LogP contribution >= 0.6 is 11.8 Å². The molecule has 6 heteroatoms. The lowest BCUT2D eigenvalue weighted by atomic mass is 9.97. The van der Waals surface area contributed by atoms with Gasteiger partial charge in [0.05, 0.1) is 11.3 Å². The average Bonchev–Trinajstić information content (AvgIpc) is 2.78. The molecule has 1 saturated heterocycles. The van der Waals surface area contributed by atoms with Gasteiger partial charge in [-0.25, -0.2) is 0 Å². The summed E-state index contributed by atoms with van der Waals surface area (Å²) in [5.74, 6) is 1.07. The number of carbonyl (C=O) groups excluding carboxylic acids is 2. The van der Waals surface area contributed by atoms with E-state index in [9.17, 15) is 9.59 Å². The van der Waals surface area contributed by atoms with Crippen LogP contribution in [-0.4, -0.2) is 54.8 Å². The number of likely N-dealkylation sites (tertiary alicyclic amines) is 1.